The van der Waals surface area contributed by atoms with E-state index in [1.165, 1.54) is 12.8 Å². The Morgan fingerprint density at radius 2 is 1.36 bits per heavy atom. The molecule has 0 aromatic heterocycles. The summed E-state index contributed by atoms with van der Waals surface area (Å²) < 4.78 is 0. The number of unbranched alkanes of at least 4 members (excludes halogenated alkanes) is 1. The number of aliphatic hydroxyl groups is 3. The zero-order valence-electron chi connectivity index (χ0n) is 18.6. The maximum atomic E-state index is 9.65. The van der Waals surface area contributed by atoms with Gasteiger partial charge in [0.15, 0.2) is 0 Å². The Balaban J connectivity index is -0.000000296. The van der Waals surface area contributed by atoms with E-state index in [-0.39, 0.29) is 6.10 Å². The van der Waals surface area contributed by atoms with Crippen LogP contribution in [0.15, 0.2) is 0 Å². The van der Waals surface area contributed by atoms with Gasteiger partial charge in [-0.25, -0.2) is 0 Å². The molecule has 3 N–H and O–H groups in total. The molecule has 3 atom stereocenters. The van der Waals surface area contributed by atoms with Crippen LogP contribution in [-0.2, 0) is 0 Å². The number of rotatable bonds is 11. The van der Waals surface area contributed by atoms with Crippen molar-refractivity contribution in [3.8, 4) is 0 Å². The van der Waals surface area contributed by atoms with Crippen LogP contribution in [0.1, 0.15) is 113 Å². The van der Waals surface area contributed by atoms with Crippen LogP contribution in [0, 0.1) is 11.8 Å². The lowest BCUT2D eigenvalue weighted by molar-refractivity contribution is 0.0391. The normalized spacial score (nSPS) is 15.4. The molecule has 3 nitrogen and oxygen atoms in total. The number of aliphatic hydroxyl groups excluding tert-OH is 2. The molecule has 0 rings (SSSR count). The summed E-state index contributed by atoms with van der Waals surface area (Å²) >= 11 is 0. The van der Waals surface area contributed by atoms with Gasteiger partial charge in [0, 0.05) is 6.61 Å². The maximum Gasteiger partial charge on any atom is 0.0619 e. The van der Waals surface area contributed by atoms with Crippen molar-refractivity contribution in [3.05, 3.63) is 0 Å². The lowest BCUT2D eigenvalue weighted by Crippen LogP contribution is -2.23. The Morgan fingerprint density at radius 3 is 1.56 bits per heavy atom. The highest BCUT2D eigenvalue weighted by Crippen LogP contribution is 2.18. The summed E-state index contributed by atoms with van der Waals surface area (Å²) in [4.78, 5) is 0. The van der Waals surface area contributed by atoms with Crippen molar-refractivity contribution >= 4 is 0 Å². The van der Waals surface area contributed by atoms with E-state index in [1.54, 1.807) is 0 Å². The molecular formula is C22H50O3. The van der Waals surface area contributed by atoms with Crippen LogP contribution in [0.2, 0.25) is 0 Å². The van der Waals surface area contributed by atoms with E-state index in [9.17, 15) is 5.11 Å². The third-order valence-corrected chi connectivity index (χ3v) is 4.84. The Morgan fingerprint density at radius 1 is 0.840 bits per heavy atom. The highest BCUT2D eigenvalue weighted by molar-refractivity contribution is 4.70. The summed E-state index contributed by atoms with van der Waals surface area (Å²) in [5, 5.41) is 27.1. The molecule has 0 fully saturated rings. The van der Waals surface area contributed by atoms with Crippen LogP contribution in [0.3, 0.4) is 0 Å². The summed E-state index contributed by atoms with van der Waals surface area (Å²) in [6.45, 7) is 16.8. The third-order valence-electron chi connectivity index (χ3n) is 4.84. The zero-order chi connectivity index (χ0) is 20.3. The summed E-state index contributed by atoms with van der Waals surface area (Å²) in [7, 11) is 0. The van der Waals surface area contributed by atoms with Gasteiger partial charge in [0.25, 0.3) is 0 Å². The van der Waals surface area contributed by atoms with E-state index in [1.807, 2.05) is 13.8 Å². The predicted octanol–water partition coefficient (Wildman–Crippen LogP) is 5.95. The first kappa shape index (κ1) is 29.6. The van der Waals surface area contributed by atoms with Gasteiger partial charge in [-0.1, -0.05) is 80.1 Å². The van der Waals surface area contributed by atoms with E-state index < -0.39 is 5.60 Å². The van der Waals surface area contributed by atoms with Crippen molar-refractivity contribution < 1.29 is 15.3 Å². The highest BCUT2D eigenvalue weighted by atomic mass is 16.3. The summed E-state index contributed by atoms with van der Waals surface area (Å²) in [5.41, 5.74) is -0.398. The van der Waals surface area contributed by atoms with Crippen molar-refractivity contribution in [1.29, 1.82) is 0 Å². The minimum absolute atomic E-state index is 0.130. The van der Waals surface area contributed by atoms with Crippen molar-refractivity contribution in [3.63, 3.8) is 0 Å². The van der Waals surface area contributed by atoms with Gasteiger partial charge in [-0.2, -0.15) is 0 Å². The van der Waals surface area contributed by atoms with E-state index in [0.29, 0.717) is 18.4 Å². The number of hydrogen-bond donors (Lipinski definition) is 3. The predicted molar refractivity (Wildman–Crippen MR) is 112 cm³/mol. The largest absolute Gasteiger partial charge is 0.396 e. The molecule has 0 bridgehead atoms. The Bertz CT molecular complexity index is 230. The molecule has 3 unspecified atom stereocenters. The van der Waals surface area contributed by atoms with Crippen LogP contribution in [-0.4, -0.2) is 33.6 Å². The van der Waals surface area contributed by atoms with Crippen molar-refractivity contribution in [2.24, 2.45) is 11.8 Å². The molecule has 0 heterocycles. The van der Waals surface area contributed by atoms with Gasteiger partial charge < -0.3 is 15.3 Å². The fourth-order valence-electron chi connectivity index (χ4n) is 2.46. The van der Waals surface area contributed by atoms with Crippen LogP contribution in [0.25, 0.3) is 0 Å². The quantitative estimate of drug-likeness (QED) is 0.426. The smallest absolute Gasteiger partial charge is 0.0619 e. The highest BCUT2D eigenvalue weighted by Gasteiger charge is 2.17. The zero-order valence-corrected chi connectivity index (χ0v) is 18.6. The van der Waals surface area contributed by atoms with Gasteiger partial charge in [-0.3, -0.25) is 0 Å². The number of hydrogen-bond acceptors (Lipinski definition) is 3. The molecule has 0 saturated carbocycles. The Labute approximate surface area is 159 Å². The van der Waals surface area contributed by atoms with Gasteiger partial charge in [0.2, 0.25) is 0 Å². The molecule has 0 saturated heterocycles. The molecule has 0 aliphatic rings. The molecular weight excluding hydrogens is 312 g/mol. The van der Waals surface area contributed by atoms with Gasteiger partial charge >= 0.3 is 0 Å². The van der Waals surface area contributed by atoms with Crippen molar-refractivity contribution in [2.75, 3.05) is 6.61 Å². The lowest BCUT2D eigenvalue weighted by atomic mass is 9.94. The monoisotopic (exact) mass is 362 g/mol. The molecule has 0 spiro atoms. The van der Waals surface area contributed by atoms with Gasteiger partial charge in [-0.15, -0.1) is 0 Å². The third kappa shape index (κ3) is 23.9. The van der Waals surface area contributed by atoms with Gasteiger partial charge in [0.1, 0.15) is 0 Å². The fourth-order valence-corrected chi connectivity index (χ4v) is 2.46. The van der Waals surface area contributed by atoms with E-state index >= 15 is 0 Å². The second-order valence-electron chi connectivity index (χ2n) is 7.72. The first-order valence-electron chi connectivity index (χ1n) is 10.7. The second-order valence-corrected chi connectivity index (χ2v) is 7.72. The Kier molecular flexibility index (Phi) is 23.9. The van der Waals surface area contributed by atoms with E-state index in [2.05, 4.69) is 41.5 Å². The Hall–Kier alpha value is -0.120. The molecule has 0 radical (unpaired) electrons. The van der Waals surface area contributed by atoms with E-state index in [4.69, 9.17) is 10.2 Å². The minimum Gasteiger partial charge on any atom is -0.396 e. The minimum atomic E-state index is -0.398. The summed E-state index contributed by atoms with van der Waals surface area (Å²) in [6.07, 6.45) is 9.69. The molecule has 0 aliphatic carbocycles. The summed E-state index contributed by atoms with van der Waals surface area (Å²) in [5.74, 6) is 1.01. The SMILES string of the molecule is CCC(CC)CO.CCCC(C)C(C)O.CCCCC(C)(O)CCC. The molecule has 3 heteroatoms. The van der Waals surface area contributed by atoms with Gasteiger partial charge in [0.05, 0.1) is 11.7 Å². The first-order valence-corrected chi connectivity index (χ1v) is 10.7. The van der Waals surface area contributed by atoms with Crippen LogP contribution in [0.5, 0.6) is 0 Å². The maximum absolute atomic E-state index is 9.65. The van der Waals surface area contributed by atoms with Crippen molar-refractivity contribution in [2.45, 2.75) is 125 Å². The standard InChI is InChI=1S/C9H20O.C7H16O.C6H14O/c1-4-6-8-9(3,10)7-5-2;1-4-5-6(2)7(3)8;1-3-6(4-2)5-7/h10H,4-8H2,1-3H3;6-8H,4-5H2,1-3H3;6-7H,3-5H2,1-2H3. The molecule has 25 heavy (non-hydrogen) atoms. The topological polar surface area (TPSA) is 60.7 Å². The van der Waals surface area contributed by atoms with Crippen LogP contribution in [0.4, 0.5) is 0 Å². The lowest BCUT2D eigenvalue weighted by Gasteiger charge is -2.21. The van der Waals surface area contributed by atoms with E-state index in [0.717, 1.165) is 44.9 Å². The van der Waals surface area contributed by atoms with Gasteiger partial charge in [-0.05, 0) is 44.9 Å². The molecule has 0 aliphatic heterocycles. The van der Waals surface area contributed by atoms with Crippen LogP contribution >= 0.6 is 0 Å². The second kappa shape index (κ2) is 20.2. The average molecular weight is 363 g/mol. The molecule has 0 aromatic rings. The summed E-state index contributed by atoms with van der Waals surface area (Å²) in [6, 6.07) is 0. The van der Waals surface area contributed by atoms with Crippen molar-refractivity contribution in [1.82, 2.24) is 0 Å². The molecule has 0 aromatic carbocycles. The molecule has 156 valence electrons. The molecule has 0 amide bonds. The average Bonchev–Trinajstić information content (AvgIpc) is 2.56. The first-order chi connectivity index (χ1) is 11.6. The fraction of sp³-hybridized carbons (Fsp3) is 1.00. The van der Waals surface area contributed by atoms with Crippen LogP contribution < -0.4 is 0 Å².